The molecule has 1 N–H and O–H groups in total. The van der Waals surface area contributed by atoms with Gasteiger partial charge in [-0.2, -0.15) is 0 Å². The molecule has 0 radical (unpaired) electrons. The minimum absolute atomic E-state index is 0.175. The molecule has 7 nitrogen and oxygen atoms in total. The van der Waals surface area contributed by atoms with Crippen molar-refractivity contribution < 1.29 is 23.7 Å². The number of rotatable bonds is 8. The van der Waals surface area contributed by atoms with E-state index in [1.807, 2.05) is 24.3 Å². The molecule has 1 heterocycles. The Morgan fingerprint density at radius 3 is 2.20 bits per heavy atom. The van der Waals surface area contributed by atoms with Gasteiger partial charge in [0.05, 0.1) is 40.2 Å². The van der Waals surface area contributed by atoms with E-state index in [0.717, 1.165) is 16.3 Å². The number of carbonyl (C=O) groups excluding carboxylic acids is 1. The number of alkyl halides is 1. The van der Waals surface area contributed by atoms with Gasteiger partial charge in [0.2, 0.25) is 5.91 Å². The SMILES string of the molecule is COc1ccc([C@H](NC(=O)CCl)c2nccc3cc(OC)c(OC)cc23)cc1OC. The Morgan fingerprint density at radius 1 is 0.933 bits per heavy atom. The molecule has 3 rings (SSSR count). The number of fused-ring (bicyclic) bond motifs is 1. The molecule has 0 spiro atoms. The monoisotopic (exact) mass is 430 g/mol. The average Bonchev–Trinajstić information content (AvgIpc) is 2.80. The molecule has 0 aliphatic rings. The lowest BCUT2D eigenvalue weighted by Gasteiger charge is -2.22. The maximum atomic E-state index is 12.2. The van der Waals surface area contributed by atoms with E-state index in [4.69, 9.17) is 30.5 Å². The van der Waals surface area contributed by atoms with E-state index in [9.17, 15) is 4.79 Å². The molecule has 1 aromatic heterocycles. The van der Waals surface area contributed by atoms with Crippen molar-refractivity contribution in [3.63, 3.8) is 0 Å². The largest absolute Gasteiger partial charge is 0.493 e. The van der Waals surface area contributed by atoms with E-state index >= 15 is 0 Å². The number of nitrogens with zero attached hydrogens (tertiary/aromatic N) is 1. The molecular formula is C22H23ClN2O5. The second-order valence-corrected chi connectivity index (χ2v) is 6.64. The maximum absolute atomic E-state index is 12.2. The Labute approximate surface area is 179 Å². The molecule has 0 bridgehead atoms. The van der Waals surface area contributed by atoms with E-state index in [-0.39, 0.29) is 11.8 Å². The third kappa shape index (κ3) is 4.21. The fourth-order valence-electron chi connectivity index (χ4n) is 3.29. The van der Waals surface area contributed by atoms with Crippen LogP contribution in [0.2, 0.25) is 0 Å². The van der Waals surface area contributed by atoms with Crippen LogP contribution in [0.3, 0.4) is 0 Å². The Bertz CT molecular complexity index is 1060. The Morgan fingerprint density at radius 2 is 1.57 bits per heavy atom. The van der Waals surface area contributed by atoms with Crippen molar-refractivity contribution in [3.8, 4) is 23.0 Å². The molecule has 0 unspecified atom stereocenters. The minimum Gasteiger partial charge on any atom is -0.493 e. The van der Waals surface area contributed by atoms with Gasteiger partial charge in [-0.25, -0.2) is 0 Å². The standard InChI is InChI=1S/C22H23ClN2O5/c1-27-16-6-5-14(10-17(16)28-2)21(25-20(26)12-23)22-15-11-19(30-4)18(29-3)9-13(15)7-8-24-22/h5-11,21H,12H2,1-4H3,(H,25,26)/t21-/m0/s1. The van der Waals surface area contributed by atoms with Gasteiger partial charge in [-0.05, 0) is 41.3 Å². The summed E-state index contributed by atoms with van der Waals surface area (Å²) in [5, 5.41) is 4.65. The number of benzene rings is 2. The Hall–Kier alpha value is -3.19. The fourth-order valence-corrected chi connectivity index (χ4v) is 3.37. The number of hydrogen-bond acceptors (Lipinski definition) is 6. The first kappa shape index (κ1) is 21.5. The number of pyridine rings is 1. The van der Waals surface area contributed by atoms with Gasteiger partial charge in [0, 0.05) is 11.6 Å². The predicted octanol–water partition coefficient (Wildman–Crippen LogP) is 3.71. The normalized spacial score (nSPS) is 11.6. The molecule has 8 heteroatoms. The molecule has 0 saturated heterocycles. The smallest absolute Gasteiger partial charge is 0.235 e. The van der Waals surface area contributed by atoms with Crippen LogP contribution in [0.25, 0.3) is 10.8 Å². The number of halogens is 1. The zero-order valence-electron chi connectivity index (χ0n) is 17.2. The molecule has 0 saturated carbocycles. The Balaban J connectivity index is 2.22. The summed E-state index contributed by atoms with van der Waals surface area (Å²) in [6.45, 7) is 0. The number of aromatic nitrogens is 1. The highest BCUT2D eigenvalue weighted by Crippen LogP contribution is 2.37. The van der Waals surface area contributed by atoms with Crippen LogP contribution in [0, 0.1) is 0 Å². The highest BCUT2D eigenvalue weighted by molar-refractivity contribution is 6.27. The maximum Gasteiger partial charge on any atom is 0.235 e. The van der Waals surface area contributed by atoms with Gasteiger partial charge in [0.25, 0.3) is 0 Å². The summed E-state index contributed by atoms with van der Waals surface area (Å²) >= 11 is 5.77. The summed E-state index contributed by atoms with van der Waals surface area (Å²) in [5.41, 5.74) is 1.40. The van der Waals surface area contributed by atoms with Crippen molar-refractivity contribution in [3.05, 3.63) is 53.9 Å². The molecule has 3 aromatic rings. The summed E-state index contributed by atoms with van der Waals surface area (Å²) < 4.78 is 21.6. The zero-order valence-corrected chi connectivity index (χ0v) is 17.9. The summed E-state index contributed by atoms with van der Waals surface area (Å²) in [6.07, 6.45) is 1.68. The molecule has 2 aromatic carbocycles. The summed E-state index contributed by atoms with van der Waals surface area (Å²) in [6, 6.07) is 10.4. The molecule has 30 heavy (non-hydrogen) atoms. The second kappa shape index (κ2) is 9.54. The van der Waals surface area contributed by atoms with Crippen LogP contribution in [0.1, 0.15) is 17.3 Å². The molecule has 1 atom stereocenters. The molecular weight excluding hydrogens is 408 g/mol. The van der Waals surface area contributed by atoms with E-state index in [0.29, 0.717) is 28.7 Å². The van der Waals surface area contributed by atoms with Crippen molar-refractivity contribution in [1.82, 2.24) is 10.3 Å². The van der Waals surface area contributed by atoms with E-state index < -0.39 is 6.04 Å². The van der Waals surface area contributed by atoms with Gasteiger partial charge in [0.1, 0.15) is 5.88 Å². The van der Waals surface area contributed by atoms with Crippen molar-refractivity contribution >= 4 is 28.3 Å². The summed E-state index contributed by atoms with van der Waals surface area (Å²) in [4.78, 5) is 16.8. The number of carbonyl (C=O) groups is 1. The average molecular weight is 431 g/mol. The summed E-state index contributed by atoms with van der Waals surface area (Å²) in [7, 11) is 6.28. The number of hydrogen-bond donors (Lipinski definition) is 1. The van der Waals surface area contributed by atoms with Crippen molar-refractivity contribution in [2.24, 2.45) is 0 Å². The highest BCUT2D eigenvalue weighted by Gasteiger charge is 2.23. The third-order valence-corrected chi connectivity index (χ3v) is 4.98. The van der Waals surface area contributed by atoms with Crippen LogP contribution >= 0.6 is 11.6 Å². The molecule has 1 amide bonds. The first-order valence-electron chi connectivity index (χ1n) is 9.14. The quantitative estimate of drug-likeness (QED) is 0.549. The van der Waals surface area contributed by atoms with Crippen LogP contribution in [0.5, 0.6) is 23.0 Å². The third-order valence-electron chi connectivity index (χ3n) is 4.74. The van der Waals surface area contributed by atoms with E-state index in [2.05, 4.69) is 10.3 Å². The molecule has 0 aliphatic carbocycles. The summed E-state index contributed by atoms with van der Waals surface area (Å²) in [5.74, 6) is 1.80. The van der Waals surface area contributed by atoms with Gasteiger partial charge >= 0.3 is 0 Å². The van der Waals surface area contributed by atoms with E-state index in [1.165, 1.54) is 0 Å². The number of amides is 1. The minimum atomic E-state index is -0.571. The lowest BCUT2D eigenvalue weighted by molar-refractivity contribution is -0.119. The molecule has 158 valence electrons. The number of ether oxygens (including phenoxy) is 4. The molecule has 0 aliphatic heterocycles. The van der Waals surface area contributed by atoms with E-state index in [1.54, 1.807) is 46.8 Å². The van der Waals surface area contributed by atoms with Crippen LogP contribution < -0.4 is 24.3 Å². The van der Waals surface area contributed by atoms with Gasteiger partial charge in [0.15, 0.2) is 23.0 Å². The lowest BCUT2D eigenvalue weighted by Crippen LogP contribution is -2.31. The first-order chi connectivity index (χ1) is 14.6. The predicted molar refractivity (Wildman–Crippen MR) is 115 cm³/mol. The lowest BCUT2D eigenvalue weighted by atomic mass is 9.97. The van der Waals surface area contributed by atoms with Gasteiger partial charge < -0.3 is 24.3 Å². The van der Waals surface area contributed by atoms with Gasteiger partial charge in [-0.3, -0.25) is 9.78 Å². The van der Waals surface area contributed by atoms with Gasteiger partial charge in [-0.15, -0.1) is 11.6 Å². The van der Waals surface area contributed by atoms with Crippen LogP contribution in [0.15, 0.2) is 42.6 Å². The first-order valence-corrected chi connectivity index (χ1v) is 9.67. The van der Waals surface area contributed by atoms with Gasteiger partial charge in [-0.1, -0.05) is 6.07 Å². The van der Waals surface area contributed by atoms with Crippen molar-refractivity contribution in [2.75, 3.05) is 34.3 Å². The Kier molecular flexibility index (Phi) is 6.84. The van der Waals surface area contributed by atoms with Crippen molar-refractivity contribution in [2.45, 2.75) is 6.04 Å². The fraction of sp³-hybridized carbons (Fsp3) is 0.273. The van der Waals surface area contributed by atoms with Crippen molar-refractivity contribution in [1.29, 1.82) is 0 Å². The molecule has 0 fully saturated rings. The van der Waals surface area contributed by atoms with Crippen LogP contribution in [0.4, 0.5) is 0 Å². The number of nitrogens with one attached hydrogen (secondary N) is 1. The topological polar surface area (TPSA) is 78.9 Å². The highest BCUT2D eigenvalue weighted by atomic mass is 35.5. The van der Waals surface area contributed by atoms with Crippen LogP contribution in [-0.2, 0) is 4.79 Å². The zero-order chi connectivity index (χ0) is 21.7. The second-order valence-electron chi connectivity index (χ2n) is 6.37. The van der Waals surface area contributed by atoms with Crippen LogP contribution in [-0.4, -0.2) is 45.2 Å². The number of methoxy groups -OCH3 is 4.